The lowest BCUT2D eigenvalue weighted by molar-refractivity contribution is 0.0936. The predicted octanol–water partition coefficient (Wildman–Crippen LogP) is 2.58. The third-order valence-corrected chi connectivity index (χ3v) is 4.11. The quantitative estimate of drug-likeness (QED) is 0.589. The van der Waals surface area contributed by atoms with Gasteiger partial charge in [-0.3, -0.25) is 4.79 Å². The van der Waals surface area contributed by atoms with Crippen LogP contribution in [0.1, 0.15) is 43.1 Å². The van der Waals surface area contributed by atoms with E-state index < -0.39 is 0 Å². The molecule has 1 aliphatic carbocycles. The van der Waals surface area contributed by atoms with Crippen LogP contribution in [0.4, 0.5) is 5.82 Å². The number of nitrogen functional groups attached to an aromatic ring is 1. The summed E-state index contributed by atoms with van der Waals surface area (Å²) in [5.74, 6) is 6.77. The van der Waals surface area contributed by atoms with Crippen molar-refractivity contribution < 1.29 is 4.79 Å². The van der Waals surface area contributed by atoms with E-state index in [2.05, 4.69) is 22.7 Å². The highest BCUT2D eigenvalue weighted by Crippen LogP contribution is 2.28. The van der Waals surface area contributed by atoms with Gasteiger partial charge in [0.2, 0.25) is 0 Å². The number of hydrogen-bond donors (Lipinski definition) is 3. The molecule has 1 fully saturated rings. The van der Waals surface area contributed by atoms with Crippen molar-refractivity contribution in [2.45, 2.75) is 32.6 Å². The van der Waals surface area contributed by atoms with Gasteiger partial charge in [0, 0.05) is 6.54 Å². The summed E-state index contributed by atoms with van der Waals surface area (Å²) in [5.41, 5.74) is 2.62. The van der Waals surface area contributed by atoms with E-state index in [0.717, 1.165) is 5.92 Å². The number of nitrogens with one attached hydrogen (secondary N) is 2. The van der Waals surface area contributed by atoms with Crippen LogP contribution < -0.4 is 16.6 Å². The molecule has 1 aliphatic rings. The number of nitrogens with zero attached hydrogens (tertiary/aromatic N) is 1. The Morgan fingerprint density at radius 2 is 2.30 bits per heavy atom. The van der Waals surface area contributed by atoms with Gasteiger partial charge in [-0.25, -0.2) is 10.8 Å². The van der Waals surface area contributed by atoms with Crippen molar-refractivity contribution >= 4 is 23.3 Å². The van der Waals surface area contributed by atoms with E-state index in [1.165, 1.54) is 25.7 Å². The summed E-state index contributed by atoms with van der Waals surface area (Å²) in [4.78, 5) is 16.2. The zero-order valence-corrected chi connectivity index (χ0v) is 12.4. The second-order valence-electron chi connectivity index (χ2n) is 5.52. The number of rotatable bonds is 4. The molecule has 0 bridgehead atoms. The first-order valence-corrected chi connectivity index (χ1v) is 7.39. The highest BCUT2D eigenvalue weighted by Gasteiger charge is 2.20. The van der Waals surface area contributed by atoms with Gasteiger partial charge in [-0.1, -0.05) is 31.4 Å². The lowest BCUT2D eigenvalue weighted by Gasteiger charge is -2.26. The standard InChI is InChI=1S/C14H21ClN4O/c1-9-3-2-4-10(7-9)8-17-14(20)13-11(15)5-6-12(18-13)19-16/h5-6,9-10H,2-4,7-8,16H2,1H3,(H,17,20)(H,18,19). The molecule has 1 amide bonds. The van der Waals surface area contributed by atoms with Crippen molar-refractivity contribution in [3.05, 3.63) is 22.8 Å². The van der Waals surface area contributed by atoms with Gasteiger partial charge in [-0.2, -0.15) is 0 Å². The molecule has 6 heteroatoms. The number of carbonyl (C=O) groups excluding carboxylic acids is 1. The molecule has 110 valence electrons. The normalized spacial score (nSPS) is 22.4. The largest absolute Gasteiger partial charge is 0.350 e. The maximum Gasteiger partial charge on any atom is 0.271 e. The monoisotopic (exact) mass is 296 g/mol. The average Bonchev–Trinajstić information content (AvgIpc) is 2.45. The van der Waals surface area contributed by atoms with E-state index in [4.69, 9.17) is 17.4 Å². The van der Waals surface area contributed by atoms with Gasteiger partial charge in [-0.05, 0) is 36.8 Å². The number of anilines is 1. The van der Waals surface area contributed by atoms with Crippen LogP contribution >= 0.6 is 11.6 Å². The average molecular weight is 297 g/mol. The molecule has 0 saturated heterocycles. The van der Waals surface area contributed by atoms with E-state index >= 15 is 0 Å². The molecule has 4 N–H and O–H groups in total. The first-order chi connectivity index (χ1) is 9.60. The first kappa shape index (κ1) is 15.1. The Labute approximate surface area is 124 Å². The Balaban J connectivity index is 1.94. The smallest absolute Gasteiger partial charge is 0.271 e. The molecule has 2 rings (SSSR count). The van der Waals surface area contributed by atoms with Crippen LogP contribution in [0.5, 0.6) is 0 Å². The van der Waals surface area contributed by atoms with Gasteiger partial charge in [-0.15, -0.1) is 0 Å². The number of nitrogens with two attached hydrogens (primary N) is 1. The summed E-state index contributed by atoms with van der Waals surface area (Å²) < 4.78 is 0. The van der Waals surface area contributed by atoms with Gasteiger partial charge >= 0.3 is 0 Å². The van der Waals surface area contributed by atoms with Gasteiger partial charge in [0.25, 0.3) is 5.91 Å². The van der Waals surface area contributed by atoms with E-state index in [1.54, 1.807) is 12.1 Å². The minimum Gasteiger partial charge on any atom is -0.350 e. The van der Waals surface area contributed by atoms with Crippen LogP contribution in [0.25, 0.3) is 0 Å². The van der Waals surface area contributed by atoms with Crippen LogP contribution in [0.15, 0.2) is 12.1 Å². The van der Waals surface area contributed by atoms with Crippen molar-refractivity contribution in [3.8, 4) is 0 Å². The second kappa shape index (κ2) is 6.90. The van der Waals surface area contributed by atoms with Gasteiger partial charge in [0.05, 0.1) is 5.02 Å². The summed E-state index contributed by atoms with van der Waals surface area (Å²) in [6.45, 7) is 2.95. The summed E-state index contributed by atoms with van der Waals surface area (Å²) in [7, 11) is 0. The predicted molar refractivity (Wildman–Crippen MR) is 80.5 cm³/mol. The lowest BCUT2D eigenvalue weighted by Crippen LogP contribution is -2.32. The molecule has 1 aromatic rings. The molecular formula is C14H21ClN4O. The Hall–Kier alpha value is -1.33. The summed E-state index contributed by atoms with van der Waals surface area (Å²) in [5, 5.41) is 3.26. The summed E-state index contributed by atoms with van der Waals surface area (Å²) in [6.07, 6.45) is 4.89. The molecular weight excluding hydrogens is 276 g/mol. The maximum absolute atomic E-state index is 12.1. The van der Waals surface area contributed by atoms with Gasteiger partial charge in [0.15, 0.2) is 0 Å². The minimum atomic E-state index is -0.245. The molecule has 0 radical (unpaired) electrons. The number of hydrazine groups is 1. The molecule has 2 atom stereocenters. The molecule has 2 unspecified atom stereocenters. The van der Waals surface area contributed by atoms with Crippen LogP contribution in [-0.2, 0) is 0 Å². The number of halogens is 1. The van der Waals surface area contributed by atoms with E-state index in [9.17, 15) is 4.79 Å². The molecule has 0 aliphatic heterocycles. The SMILES string of the molecule is CC1CCCC(CNC(=O)c2nc(NN)ccc2Cl)C1. The van der Waals surface area contributed by atoms with Crippen LogP contribution in [-0.4, -0.2) is 17.4 Å². The molecule has 1 aromatic heterocycles. The Kier molecular flexibility index (Phi) is 5.20. The van der Waals surface area contributed by atoms with Crippen LogP contribution in [0.2, 0.25) is 5.02 Å². The highest BCUT2D eigenvalue weighted by molar-refractivity contribution is 6.33. The minimum absolute atomic E-state index is 0.214. The fourth-order valence-corrected chi connectivity index (χ4v) is 2.94. The summed E-state index contributed by atoms with van der Waals surface area (Å²) in [6, 6.07) is 3.24. The third kappa shape index (κ3) is 3.84. The molecule has 5 nitrogen and oxygen atoms in total. The van der Waals surface area contributed by atoms with Crippen molar-refractivity contribution in [2.75, 3.05) is 12.0 Å². The molecule has 1 saturated carbocycles. The molecule has 0 aromatic carbocycles. The Morgan fingerprint density at radius 3 is 3.00 bits per heavy atom. The number of carbonyl (C=O) groups is 1. The van der Waals surface area contributed by atoms with Crippen molar-refractivity contribution in [1.82, 2.24) is 10.3 Å². The van der Waals surface area contributed by atoms with Crippen molar-refractivity contribution in [3.63, 3.8) is 0 Å². The van der Waals surface area contributed by atoms with Gasteiger partial charge < -0.3 is 10.7 Å². The van der Waals surface area contributed by atoms with E-state index in [-0.39, 0.29) is 11.6 Å². The highest BCUT2D eigenvalue weighted by atomic mass is 35.5. The second-order valence-corrected chi connectivity index (χ2v) is 5.93. The molecule has 20 heavy (non-hydrogen) atoms. The fourth-order valence-electron chi connectivity index (χ4n) is 2.75. The van der Waals surface area contributed by atoms with Crippen LogP contribution in [0, 0.1) is 11.8 Å². The number of pyridine rings is 1. The van der Waals surface area contributed by atoms with Crippen LogP contribution in [0.3, 0.4) is 0 Å². The Morgan fingerprint density at radius 1 is 1.50 bits per heavy atom. The first-order valence-electron chi connectivity index (χ1n) is 7.01. The lowest BCUT2D eigenvalue weighted by atomic mass is 9.82. The zero-order valence-electron chi connectivity index (χ0n) is 11.7. The number of amides is 1. The van der Waals surface area contributed by atoms with Gasteiger partial charge in [0.1, 0.15) is 11.5 Å². The fraction of sp³-hybridized carbons (Fsp3) is 0.571. The number of hydrogen-bond acceptors (Lipinski definition) is 4. The maximum atomic E-state index is 12.1. The Bertz CT molecular complexity index is 480. The molecule has 1 heterocycles. The molecule has 0 spiro atoms. The van der Waals surface area contributed by atoms with Crippen molar-refractivity contribution in [2.24, 2.45) is 17.7 Å². The third-order valence-electron chi connectivity index (χ3n) is 3.81. The zero-order chi connectivity index (χ0) is 14.5. The summed E-state index contributed by atoms with van der Waals surface area (Å²) >= 11 is 6.00. The van der Waals surface area contributed by atoms with E-state index in [1.807, 2.05) is 0 Å². The topological polar surface area (TPSA) is 80.0 Å². The van der Waals surface area contributed by atoms with Crippen molar-refractivity contribution in [1.29, 1.82) is 0 Å². The number of aromatic nitrogens is 1. The van der Waals surface area contributed by atoms with E-state index in [0.29, 0.717) is 23.3 Å².